The number of nitrogens with zero attached hydrogens (tertiary/aromatic N) is 2. The zero-order valence-electron chi connectivity index (χ0n) is 11.4. The molecule has 114 valence electrons. The second kappa shape index (κ2) is 5.08. The minimum atomic E-state index is -4.58. The molecule has 3 rings (SSSR count). The SMILES string of the molecule is O=C1C2=C(CCC=C2)C(=O)N1Cc1ccncc1C(F)(F)F. The van der Waals surface area contributed by atoms with Gasteiger partial charge >= 0.3 is 6.18 Å². The first-order valence-electron chi connectivity index (χ1n) is 6.65. The summed E-state index contributed by atoms with van der Waals surface area (Å²) in [6.07, 6.45) is 1.76. The number of amides is 2. The lowest BCUT2D eigenvalue weighted by atomic mass is 10.00. The van der Waals surface area contributed by atoms with E-state index in [2.05, 4.69) is 4.98 Å². The van der Waals surface area contributed by atoms with Crippen LogP contribution in [0.3, 0.4) is 0 Å². The lowest BCUT2D eigenvalue weighted by Crippen LogP contribution is -2.32. The van der Waals surface area contributed by atoms with Gasteiger partial charge in [-0.05, 0) is 24.5 Å². The third-order valence-electron chi connectivity index (χ3n) is 3.69. The summed E-state index contributed by atoms with van der Waals surface area (Å²) in [6.45, 7) is -0.407. The van der Waals surface area contributed by atoms with Crippen LogP contribution in [0.1, 0.15) is 24.0 Å². The van der Waals surface area contributed by atoms with E-state index >= 15 is 0 Å². The molecule has 4 nitrogen and oxygen atoms in total. The van der Waals surface area contributed by atoms with Gasteiger partial charge in [-0.15, -0.1) is 0 Å². The Labute approximate surface area is 123 Å². The van der Waals surface area contributed by atoms with Crippen molar-refractivity contribution in [2.24, 2.45) is 0 Å². The van der Waals surface area contributed by atoms with Crippen molar-refractivity contribution >= 4 is 11.8 Å². The van der Waals surface area contributed by atoms with Crippen LogP contribution < -0.4 is 0 Å². The number of hydrogen-bond donors (Lipinski definition) is 0. The molecule has 0 unspecified atom stereocenters. The van der Waals surface area contributed by atoms with Gasteiger partial charge in [-0.25, -0.2) is 0 Å². The largest absolute Gasteiger partial charge is 0.418 e. The number of allylic oxidation sites excluding steroid dienone is 1. The summed E-state index contributed by atoms with van der Waals surface area (Å²) < 4.78 is 38.9. The van der Waals surface area contributed by atoms with E-state index in [1.807, 2.05) is 0 Å². The number of pyridine rings is 1. The van der Waals surface area contributed by atoms with E-state index in [1.54, 1.807) is 12.2 Å². The van der Waals surface area contributed by atoms with Crippen LogP contribution in [0.2, 0.25) is 0 Å². The second-order valence-corrected chi connectivity index (χ2v) is 5.06. The van der Waals surface area contributed by atoms with Gasteiger partial charge in [-0.2, -0.15) is 13.2 Å². The summed E-state index contributed by atoms with van der Waals surface area (Å²) in [5.74, 6) is -1.05. The van der Waals surface area contributed by atoms with Gasteiger partial charge < -0.3 is 0 Å². The van der Waals surface area contributed by atoms with E-state index in [4.69, 9.17) is 0 Å². The minimum absolute atomic E-state index is 0.145. The van der Waals surface area contributed by atoms with Crippen LogP contribution >= 0.6 is 0 Å². The number of alkyl halides is 3. The molecule has 2 amide bonds. The smallest absolute Gasteiger partial charge is 0.270 e. The lowest BCUT2D eigenvalue weighted by molar-refractivity contribution is -0.142. The molecule has 1 aromatic heterocycles. The van der Waals surface area contributed by atoms with Crippen LogP contribution in [0, 0.1) is 0 Å². The normalized spacial score (nSPS) is 18.2. The Kier molecular flexibility index (Phi) is 3.35. The fourth-order valence-corrected chi connectivity index (χ4v) is 2.62. The summed E-state index contributed by atoms with van der Waals surface area (Å²) in [7, 11) is 0. The van der Waals surface area contributed by atoms with Crippen molar-refractivity contribution in [1.82, 2.24) is 9.88 Å². The Morgan fingerprint density at radius 1 is 1.23 bits per heavy atom. The first kappa shape index (κ1) is 14.5. The Morgan fingerprint density at radius 2 is 2.00 bits per heavy atom. The topological polar surface area (TPSA) is 50.3 Å². The molecule has 1 aromatic rings. The van der Waals surface area contributed by atoms with E-state index in [1.165, 1.54) is 12.3 Å². The predicted molar refractivity (Wildman–Crippen MR) is 70.2 cm³/mol. The molecule has 0 bridgehead atoms. The Bertz CT molecular complexity index is 720. The third-order valence-corrected chi connectivity index (χ3v) is 3.69. The Morgan fingerprint density at radius 3 is 2.68 bits per heavy atom. The molecule has 0 N–H and O–H groups in total. The van der Waals surface area contributed by atoms with Crippen molar-refractivity contribution < 1.29 is 22.8 Å². The molecule has 0 spiro atoms. The van der Waals surface area contributed by atoms with Gasteiger partial charge in [-0.1, -0.05) is 12.2 Å². The first-order chi connectivity index (χ1) is 10.4. The average molecular weight is 308 g/mol. The van der Waals surface area contributed by atoms with Gasteiger partial charge in [0.05, 0.1) is 12.1 Å². The molecule has 0 fully saturated rings. The monoisotopic (exact) mass is 308 g/mol. The molecule has 7 heteroatoms. The molecule has 0 aromatic carbocycles. The van der Waals surface area contributed by atoms with Crippen molar-refractivity contribution in [3.05, 3.63) is 52.9 Å². The molecule has 2 heterocycles. The summed E-state index contributed by atoms with van der Waals surface area (Å²) in [5.41, 5.74) is -0.405. The number of carbonyl (C=O) groups excluding carboxylic acids is 2. The predicted octanol–water partition coefficient (Wildman–Crippen LogP) is 2.62. The molecule has 0 saturated carbocycles. The molecule has 22 heavy (non-hydrogen) atoms. The van der Waals surface area contributed by atoms with Crippen molar-refractivity contribution in [2.45, 2.75) is 25.6 Å². The number of halogens is 3. The van der Waals surface area contributed by atoms with Gasteiger partial charge in [0, 0.05) is 23.5 Å². The molecule has 1 aliphatic heterocycles. The van der Waals surface area contributed by atoms with Crippen LogP contribution in [0.15, 0.2) is 41.8 Å². The van der Waals surface area contributed by atoms with E-state index in [9.17, 15) is 22.8 Å². The maximum atomic E-state index is 13.0. The summed E-state index contributed by atoms with van der Waals surface area (Å²) >= 11 is 0. The highest BCUT2D eigenvalue weighted by Crippen LogP contribution is 2.34. The fraction of sp³-hybridized carbons (Fsp3) is 0.267. The van der Waals surface area contributed by atoms with Crippen LogP contribution in [0.5, 0.6) is 0 Å². The van der Waals surface area contributed by atoms with Gasteiger partial charge in [-0.3, -0.25) is 19.5 Å². The summed E-state index contributed by atoms with van der Waals surface area (Å²) in [5, 5.41) is 0. The van der Waals surface area contributed by atoms with E-state index < -0.39 is 30.1 Å². The van der Waals surface area contributed by atoms with E-state index in [0.29, 0.717) is 30.2 Å². The fourth-order valence-electron chi connectivity index (χ4n) is 2.62. The molecule has 0 saturated heterocycles. The number of carbonyl (C=O) groups is 2. The summed E-state index contributed by atoms with van der Waals surface area (Å²) in [6, 6.07) is 1.18. The molecule has 0 radical (unpaired) electrons. The zero-order valence-corrected chi connectivity index (χ0v) is 11.4. The molecular weight excluding hydrogens is 297 g/mol. The van der Waals surface area contributed by atoms with Gasteiger partial charge in [0.25, 0.3) is 11.8 Å². The maximum Gasteiger partial charge on any atom is 0.418 e. The van der Waals surface area contributed by atoms with Gasteiger partial charge in [0.15, 0.2) is 0 Å². The number of imide groups is 1. The molecule has 0 atom stereocenters. The van der Waals surface area contributed by atoms with E-state index in [-0.39, 0.29) is 5.56 Å². The molecular formula is C15H11F3N2O2. The number of aromatic nitrogens is 1. The lowest BCUT2D eigenvalue weighted by Gasteiger charge is -2.18. The van der Waals surface area contributed by atoms with Crippen molar-refractivity contribution in [2.75, 3.05) is 0 Å². The number of rotatable bonds is 2. The van der Waals surface area contributed by atoms with Crippen molar-refractivity contribution in [1.29, 1.82) is 0 Å². The van der Waals surface area contributed by atoms with Crippen molar-refractivity contribution in [3.63, 3.8) is 0 Å². The standard InChI is InChI=1S/C15H11F3N2O2/c16-15(17,18)12-7-19-6-5-9(12)8-20-13(21)10-3-1-2-4-11(10)14(20)22/h1,3,5-7H,2,4,8H2. The van der Waals surface area contributed by atoms with Crippen LogP contribution in [-0.2, 0) is 22.3 Å². The molecule has 1 aliphatic carbocycles. The Balaban J connectivity index is 1.92. The quantitative estimate of drug-likeness (QED) is 0.789. The average Bonchev–Trinajstić information content (AvgIpc) is 2.72. The molecule has 2 aliphatic rings. The van der Waals surface area contributed by atoms with Crippen LogP contribution in [0.4, 0.5) is 13.2 Å². The maximum absolute atomic E-state index is 13.0. The first-order valence-corrected chi connectivity index (χ1v) is 6.65. The highest BCUT2D eigenvalue weighted by Gasteiger charge is 2.39. The van der Waals surface area contributed by atoms with Gasteiger partial charge in [0.1, 0.15) is 0 Å². The van der Waals surface area contributed by atoms with Crippen LogP contribution in [-0.4, -0.2) is 21.7 Å². The number of hydrogen-bond acceptors (Lipinski definition) is 3. The zero-order chi connectivity index (χ0) is 15.9. The van der Waals surface area contributed by atoms with E-state index in [0.717, 1.165) is 4.90 Å². The van der Waals surface area contributed by atoms with Crippen LogP contribution in [0.25, 0.3) is 0 Å². The second-order valence-electron chi connectivity index (χ2n) is 5.06. The highest BCUT2D eigenvalue weighted by molar-refractivity contribution is 6.20. The van der Waals surface area contributed by atoms with Gasteiger partial charge in [0.2, 0.25) is 0 Å². The highest BCUT2D eigenvalue weighted by atomic mass is 19.4. The minimum Gasteiger partial charge on any atom is -0.270 e. The third kappa shape index (κ3) is 2.32. The Hall–Kier alpha value is -2.44. The summed E-state index contributed by atoms with van der Waals surface area (Å²) in [4.78, 5) is 28.8. The van der Waals surface area contributed by atoms with Crippen molar-refractivity contribution in [3.8, 4) is 0 Å².